The smallest absolute Gasteiger partial charge is 0.410 e. The van der Waals surface area contributed by atoms with E-state index < -0.39 is 0 Å². The maximum Gasteiger partial charge on any atom is 0.410 e. The van der Waals surface area contributed by atoms with E-state index in [1.54, 1.807) is 11.8 Å². The monoisotopic (exact) mass is 301 g/mol. The lowest BCUT2D eigenvalue weighted by Gasteiger charge is -2.32. The van der Waals surface area contributed by atoms with Crippen LogP contribution in [0, 0.1) is 6.92 Å². The first-order valence-electron chi connectivity index (χ1n) is 7.51. The predicted molar refractivity (Wildman–Crippen MR) is 79.0 cm³/mol. The summed E-state index contributed by atoms with van der Waals surface area (Å²) < 4.78 is 10.7. The van der Waals surface area contributed by atoms with Crippen molar-refractivity contribution in [3.8, 4) is 0 Å². The van der Waals surface area contributed by atoms with Crippen LogP contribution in [0.5, 0.6) is 0 Å². The largest absolute Gasteiger partial charge is 0.445 e. The predicted octanol–water partition coefficient (Wildman–Crippen LogP) is 3.24. The quantitative estimate of drug-likeness (QED) is 0.870. The van der Waals surface area contributed by atoms with Crippen molar-refractivity contribution >= 4 is 6.09 Å². The minimum Gasteiger partial charge on any atom is -0.445 e. The van der Waals surface area contributed by atoms with Gasteiger partial charge in [-0.2, -0.15) is 4.98 Å². The number of piperidine rings is 1. The van der Waals surface area contributed by atoms with Gasteiger partial charge in [-0.3, -0.25) is 4.90 Å². The first kappa shape index (κ1) is 14.6. The first-order chi connectivity index (χ1) is 10.7. The zero-order chi connectivity index (χ0) is 15.4. The highest BCUT2D eigenvalue weighted by molar-refractivity contribution is 5.68. The van der Waals surface area contributed by atoms with Gasteiger partial charge in [0.05, 0.1) is 0 Å². The van der Waals surface area contributed by atoms with E-state index in [4.69, 9.17) is 9.26 Å². The molecule has 0 spiro atoms. The molecule has 116 valence electrons. The molecule has 1 amide bonds. The molecule has 1 saturated heterocycles. The number of aromatic nitrogens is 2. The Labute approximate surface area is 129 Å². The van der Waals surface area contributed by atoms with Gasteiger partial charge >= 0.3 is 6.09 Å². The zero-order valence-corrected chi connectivity index (χ0v) is 12.6. The van der Waals surface area contributed by atoms with E-state index in [0.29, 0.717) is 18.3 Å². The Morgan fingerprint density at radius 2 is 2.18 bits per heavy atom. The number of likely N-dealkylation sites (tertiary alicyclic amines) is 1. The van der Waals surface area contributed by atoms with Crippen LogP contribution in [0.15, 0.2) is 34.9 Å². The summed E-state index contributed by atoms with van der Waals surface area (Å²) in [6, 6.07) is 9.47. The molecule has 1 aliphatic rings. The minimum atomic E-state index is -0.329. The number of aryl methyl sites for hydroxylation is 1. The van der Waals surface area contributed by atoms with Gasteiger partial charge in [-0.05, 0) is 31.7 Å². The SMILES string of the molecule is Cc1noc([C@@H]2CCCCN2C(=O)OCc2ccccc2)n1. The second kappa shape index (κ2) is 6.60. The fourth-order valence-electron chi connectivity index (χ4n) is 2.66. The number of amides is 1. The molecule has 1 atom stereocenters. The topological polar surface area (TPSA) is 68.5 Å². The molecule has 1 aromatic carbocycles. The molecule has 2 heterocycles. The highest BCUT2D eigenvalue weighted by atomic mass is 16.6. The van der Waals surface area contributed by atoms with E-state index in [2.05, 4.69) is 10.1 Å². The van der Waals surface area contributed by atoms with Crippen LogP contribution in [0.1, 0.15) is 42.6 Å². The van der Waals surface area contributed by atoms with Crippen molar-refractivity contribution in [3.63, 3.8) is 0 Å². The Morgan fingerprint density at radius 1 is 1.36 bits per heavy atom. The zero-order valence-electron chi connectivity index (χ0n) is 12.6. The van der Waals surface area contributed by atoms with Gasteiger partial charge in [0.15, 0.2) is 5.82 Å². The van der Waals surface area contributed by atoms with E-state index in [9.17, 15) is 4.79 Å². The van der Waals surface area contributed by atoms with Gasteiger partial charge < -0.3 is 9.26 Å². The van der Waals surface area contributed by atoms with Crippen LogP contribution < -0.4 is 0 Å². The van der Waals surface area contributed by atoms with Crippen molar-refractivity contribution in [1.82, 2.24) is 15.0 Å². The summed E-state index contributed by atoms with van der Waals surface area (Å²) in [6.45, 7) is 2.69. The van der Waals surface area contributed by atoms with Crippen molar-refractivity contribution in [3.05, 3.63) is 47.6 Å². The molecular formula is C16H19N3O3. The number of carbonyl (C=O) groups is 1. The van der Waals surface area contributed by atoms with E-state index in [-0.39, 0.29) is 18.7 Å². The van der Waals surface area contributed by atoms with E-state index in [1.807, 2.05) is 30.3 Å². The molecule has 0 saturated carbocycles. The molecule has 1 aromatic heterocycles. The molecule has 0 bridgehead atoms. The summed E-state index contributed by atoms with van der Waals surface area (Å²) >= 11 is 0. The molecule has 3 rings (SSSR count). The van der Waals surface area contributed by atoms with Crippen molar-refractivity contribution < 1.29 is 14.1 Å². The summed E-state index contributed by atoms with van der Waals surface area (Å²) in [5.74, 6) is 1.08. The van der Waals surface area contributed by atoms with Gasteiger partial charge in [0.1, 0.15) is 12.6 Å². The van der Waals surface area contributed by atoms with Gasteiger partial charge in [0.2, 0.25) is 5.89 Å². The number of nitrogens with zero attached hydrogens (tertiary/aromatic N) is 3. The molecule has 1 aliphatic heterocycles. The Morgan fingerprint density at radius 3 is 2.91 bits per heavy atom. The number of hydrogen-bond donors (Lipinski definition) is 0. The van der Waals surface area contributed by atoms with Gasteiger partial charge in [-0.1, -0.05) is 35.5 Å². The molecule has 6 nitrogen and oxygen atoms in total. The van der Waals surface area contributed by atoms with Crippen LogP contribution in [0.4, 0.5) is 4.79 Å². The van der Waals surface area contributed by atoms with Crippen LogP contribution in [0.25, 0.3) is 0 Å². The normalized spacial score (nSPS) is 18.2. The third-order valence-corrected chi connectivity index (χ3v) is 3.77. The lowest BCUT2D eigenvalue weighted by atomic mass is 10.0. The molecule has 2 aromatic rings. The van der Waals surface area contributed by atoms with Crippen LogP contribution >= 0.6 is 0 Å². The first-order valence-corrected chi connectivity index (χ1v) is 7.51. The maximum absolute atomic E-state index is 12.4. The standard InChI is InChI=1S/C16H19N3O3/c1-12-17-15(22-18-12)14-9-5-6-10-19(14)16(20)21-11-13-7-3-2-4-8-13/h2-4,7-8,14H,5-6,9-11H2,1H3/t14-/m0/s1. The highest BCUT2D eigenvalue weighted by Gasteiger charge is 2.32. The summed E-state index contributed by atoms with van der Waals surface area (Å²) in [6.07, 6.45) is 2.49. The van der Waals surface area contributed by atoms with E-state index in [0.717, 1.165) is 24.8 Å². The molecule has 1 fully saturated rings. The maximum atomic E-state index is 12.4. The van der Waals surface area contributed by atoms with E-state index >= 15 is 0 Å². The van der Waals surface area contributed by atoms with Crippen molar-refractivity contribution in [1.29, 1.82) is 0 Å². The molecular weight excluding hydrogens is 282 g/mol. The second-order valence-electron chi connectivity index (χ2n) is 5.42. The Balaban J connectivity index is 1.66. The second-order valence-corrected chi connectivity index (χ2v) is 5.42. The molecule has 0 N–H and O–H groups in total. The highest BCUT2D eigenvalue weighted by Crippen LogP contribution is 2.30. The lowest BCUT2D eigenvalue weighted by Crippen LogP contribution is -2.39. The van der Waals surface area contributed by atoms with Gasteiger partial charge in [0.25, 0.3) is 0 Å². The van der Waals surface area contributed by atoms with Crippen molar-refractivity contribution in [2.45, 2.75) is 38.8 Å². The van der Waals surface area contributed by atoms with E-state index in [1.165, 1.54) is 0 Å². The van der Waals surface area contributed by atoms with Crippen molar-refractivity contribution in [2.24, 2.45) is 0 Å². The lowest BCUT2D eigenvalue weighted by molar-refractivity contribution is 0.0592. The minimum absolute atomic E-state index is 0.182. The number of benzene rings is 1. The Bertz CT molecular complexity index is 627. The average molecular weight is 301 g/mol. The van der Waals surface area contributed by atoms with Crippen molar-refractivity contribution in [2.75, 3.05) is 6.54 Å². The number of rotatable bonds is 3. The van der Waals surface area contributed by atoms with Crippen LogP contribution in [-0.4, -0.2) is 27.7 Å². The van der Waals surface area contributed by atoms with Crippen LogP contribution in [-0.2, 0) is 11.3 Å². The Hall–Kier alpha value is -2.37. The molecule has 0 unspecified atom stereocenters. The fourth-order valence-corrected chi connectivity index (χ4v) is 2.66. The molecule has 0 aliphatic carbocycles. The fraction of sp³-hybridized carbons (Fsp3) is 0.438. The van der Waals surface area contributed by atoms with Crippen LogP contribution in [0.3, 0.4) is 0 Å². The Kier molecular flexibility index (Phi) is 4.37. The van der Waals surface area contributed by atoms with Gasteiger partial charge in [-0.25, -0.2) is 4.79 Å². The summed E-state index contributed by atoms with van der Waals surface area (Å²) in [5, 5.41) is 3.81. The molecule has 0 radical (unpaired) electrons. The number of ether oxygens (including phenoxy) is 1. The summed E-state index contributed by atoms with van der Waals surface area (Å²) in [5.41, 5.74) is 0.970. The van der Waals surface area contributed by atoms with Gasteiger partial charge in [0, 0.05) is 6.54 Å². The number of carbonyl (C=O) groups excluding carboxylic acids is 1. The molecule has 6 heteroatoms. The molecule has 22 heavy (non-hydrogen) atoms. The third kappa shape index (κ3) is 3.27. The summed E-state index contributed by atoms with van der Waals surface area (Å²) in [4.78, 5) is 18.3. The van der Waals surface area contributed by atoms with Gasteiger partial charge in [-0.15, -0.1) is 0 Å². The van der Waals surface area contributed by atoms with Crippen LogP contribution in [0.2, 0.25) is 0 Å². The average Bonchev–Trinajstić information content (AvgIpc) is 3.00. The summed E-state index contributed by atoms with van der Waals surface area (Å²) in [7, 11) is 0. The third-order valence-electron chi connectivity index (χ3n) is 3.77. The number of hydrogen-bond acceptors (Lipinski definition) is 5.